The third-order valence-corrected chi connectivity index (χ3v) is 2.22. The third kappa shape index (κ3) is 3.22. The number of carbonyl (C=O) groups is 2. The average molecular weight is 280 g/mol. The number of benzene rings is 1. The van der Waals surface area contributed by atoms with Crippen molar-refractivity contribution in [1.82, 2.24) is 0 Å². The Hall–Kier alpha value is -3.10. The molecule has 0 bridgehead atoms. The Morgan fingerprint density at radius 3 is 2.25 bits per heavy atom. The Morgan fingerprint density at radius 2 is 1.80 bits per heavy atom. The van der Waals surface area contributed by atoms with Crippen molar-refractivity contribution < 1.29 is 24.2 Å². The number of nitro groups is 2. The summed E-state index contributed by atoms with van der Waals surface area (Å²) in [6.07, 6.45) is 0. The molecular weight excluding hydrogens is 272 g/mol. The minimum atomic E-state index is -1.19. The minimum absolute atomic E-state index is 0.484. The molecule has 0 fully saturated rings. The van der Waals surface area contributed by atoms with Crippen molar-refractivity contribution in [2.45, 2.75) is 6.92 Å². The lowest BCUT2D eigenvalue weighted by molar-refractivity contribution is -0.394. The molecule has 0 saturated heterocycles. The highest BCUT2D eigenvalue weighted by molar-refractivity contribution is 5.99. The molecule has 1 aromatic carbocycles. The summed E-state index contributed by atoms with van der Waals surface area (Å²) in [5.41, 5.74) is -1.85. The highest BCUT2D eigenvalue weighted by Gasteiger charge is 2.26. The number of ether oxygens (including phenoxy) is 1. The van der Waals surface area contributed by atoms with E-state index in [9.17, 15) is 29.8 Å². The molecule has 0 N–H and O–H groups in total. The van der Waals surface area contributed by atoms with E-state index in [1.54, 1.807) is 0 Å². The van der Waals surface area contributed by atoms with E-state index in [4.69, 9.17) is 0 Å². The number of carbonyl (C=O) groups excluding carboxylic acids is 2. The molecule has 9 heteroatoms. The van der Waals surface area contributed by atoms with Gasteiger partial charge in [0, 0.05) is 13.0 Å². The van der Waals surface area contributed by atoms with Crippen LogP contribution < -0.4 is 0 Å². The maximum absolute atomic E-state index is 11.7. The number of rotatable bonds is 5. The largest absolute Gasteiger partial charge is 0.420 e. The van der Waals surface area contributed by atoms with Gasteiger partial charge in [0.2, 0.25) is 0 Å². The van der Waals surface area contributed by atoms with Gasteiger partial charge in [-0.1, -0.05) is 6.58 Å². The molecule has 9 nitrogen and oxygen atoms in total. The van der Waals surface area contributed by atoms with Gasteiger partial charge in [0.25, 0.3) is 11.4 Å². The van der Waals surface area contributed by atoms with Crippen molar-refractivity contribution in [3.05, 3.63) is 56.3 Å². The summed E-state index contributed by atoms with van der Waals surface area (Å²) < 4.78 is 4.53. The molecule has 20 heavy (non-hydrogen) atoms. The molecule has 0 atom stereocenters. The van der Waals surface area contributed by atoms with Crippen molar-refractivity contribution in [3.8, 4) is 0 Å². The number of Topliss-reactive ketones (excluding diaryl/α,β-unsaturated/α-hetero) is 1. The summed E-state index contributed by atoms with van der Waals surface area (Å²) in [6.45, 7) is 4.27. The summed E-state index contributed by atoms with van der Waals surface area (Å²) in [5.74, 6) is -2.29. The molecule has 0 aliphatic rings. The van der Waals surface area contributed by atoms with Crippen LogP contribution in [0.1, 0.15) is 17.3 Å². The number of non-ortho nitro benzene ring substituents is 1. The van der Waals surface area contributed by atoms with Gasteiger partial charge in [-0.3, -0.25) is 25.0 Å². The molecule has 0 aliphatic carbocycles. The maximum Gasteiger partial charge on any atom is 0.350 e. The zero-order valence-corrected chi connectivity index (χ0v) is 10.2. The molecule has 0 spiro atoms. The number of hydrogen-bond donors (Lipinski definition) is 0. The second kappa shape index (κ2) is 5.69. The lowest BCUT2D eigenvalue weighted by Crippen LogP contribution is -2.11. The summed E-state index contributed by atoms with van der Waals surface area (Å²) in [5, 5.41) is 21.3. The van der Waals surface area contributed by atoms with Gasteiger partial charge in [-0.15, -0.1) is 0 Å². The Bertz CT molecular complexity index is 636. The van der Waals surface area contributed by atoms with Gasteiger partial charge in [0.05, 0.1) is 15.9 Å². The Kier molecular flexibility index (Phi) is 4.26. The fourth-order valence-corrected chi connectivity index (χ4v) is 1.20. The molecule has 1 rings (SSSR count). The maximum atomic E-state index is 11.7. The molecule has 0 unspecified atom stereocenters. The zero-order chi connectivity index (χ0) is 15.4. The van der Waals surface area contributed by atoms with Crippen LogP contribution in [0.3, 0.4) is 0 Å². The van der Waals surface area contributed by atoms with E-state index in [1.165, 1.54) is 0 Å². The number of esters is 1. The average Bonchev–Trinajstić information content (AvgIpc) is 2.37. The van der Waals surface area contributed by atoms with Crippen LogP contribution in [0.25, 0.3) is 0 Å². The number of ketones is 1. The van der Waals surface area contributed by atoms with Crippen LogP contribution in [0, 0.1) is 20.2 Å². The van der Waals surface area contributed by atoms with Crippen molar-refractivity contribution in [2.75, 3.05) is 0 Å². The second-order valence-corrected chi connectivity index (χ2v) is 3.58. The van der Waals surface area contributed by atoms with E-state index in [2.05, 4.69) is 11.3 Å². The van der Waals surface area contributed by atoms with E-state index >= 15 is 0 Å². The molecule has 0 aliphatic heterocycles. The lowest BCUT2D eigenvalue weighted by atomic mass is 10.1. The predicted molar refractivity (Wildman–Crippen MR) is 65.0 cm³/mol. The van der Waals surface area contributed by atoms with Crippen molar-refractivity contribution in [1.29, 1.82) is 0 Å². The molecule has 0 heterocycles. The van der Waals surface area contributed by atoms with Crippen LogP contribution in [0.5, 0.6) is 0 Å². The van der Waals surface area contributed by atoms with E-state index in [0.29, 0.717) is 6.07 Å². The van der Waals surface area contributed by atoms with Crippen molar-refractivity contribution in [2.24, 2.45) is 0 Å². The standard InChI is InChI=1S/C11H8N2O7/c1-6(14)7(2)20-11(15)9-4-3-8(12(16)17)5-10(9)13(18)19/h3-5H,2H2,1H3. The van der Waals surface area contributed by atoms with Crippen LogP contribution in [0.2, 0.25) is 0 Å². The first-order chi connectivity index (χ1) is 9.23. The topological polar surface area (TPSA) is 130 Å². The first-order valence-corrected chi connectivity index (χ1v) is 5.09. The van der Waals surface area contributed by atoms with E-state index < -0.39 is 44.3 Å². The van der Waals surface area contributed by atoms with Gasteiger partial charge in [0.1, 0.15) is 5.56 Å². The highest BCUT2D eigenvalue weighted by Crippen LogP contribution is 2.25. The minimum Gasteiger partial charge on any atom is -0.420 e. The number of nitro benzene ring substituents is 2. The van der Waals surface area contributed by atoms with Crippen LogP contribution >= 0.6 is 0 Å². The molecule has 1 aromatic rings. The van der Waals surface area contributed by atoms with E-state index in [-0.39, 0.29) is 0 Å². The summed E-state index contributed by atoms with van der Waals surface area (Å²) >= 11 is 0. The Balaban J connectivity index is 3.21. The van der Waals surface area contributed by atoms with Gasteiger partial charge in [-0.25, -0.2) is 4.79 Å². The van der Waals surface area contributed by atoms with Crippen molar-refractivity contribution >= 4 is 23.1 Å². The van der Waals surface area contributed by atoms with Crippen LogP contribution in [-0.2, 0) is 9.53 Å². The van der Waals surface area contributed by atoms with E-state index in [1.807, 2.05) is 0 Å². The molecule has 0 radical (unpaired) electrons. The fourth-order valence-electron chi connectivity index (χ4n) is 1.20. The van der Waals surface area contributed by atoms with Gasteiger partial charge >= 0.3 is 5.97 Å². The Labute approximate surface area is 111 Å². The summed E-state index contributed by atoms with van der Waals surface area (Å²) in [4.78, 5) is 42.1. The van der Waals surface area contributed by atoms with Crippen LogP contribution in [-0.4, -0.2) is 21.6 Å². The fraction of sp³-hybridized carbons (Fsp3) is 0.0909. The van der Waals surface area contributed by atoms with Gasteiger partial charge in [0.15, 0.2) is 11.5 Å². The molecule has 0 aromatic heterocycles. The molecule has 104 valence electrons. The number of nitrogens with zero attached hydrogens (tertiary/aromatic N) is 2. The first-order valence-electron chi connectivity index (χ1n) is 5.09. The molecule has 0 saturated carbocycles. The smallest absolute Gasteiger partial charge is 0.350 e. The summed E-state index contributed by atoms with van der Waals surface area (Å²) in [7, 11) is 0. The zero-order valence-electron chi connectivity index (χ0n) is 10.2. The van der Waals surface area contributed by atoms with Crippen molar-refractivity contribution in [3.63, 3.8) is 0 Å². The lowest BCUT2D eigenvalue weighted by Gasteiger charge is -2.04. The monoisotopic (exact) mass is 280 g/mol. The summed E-state index contributed by atoms with van der Waals surface area (Å²) in [6, 6.07) is 2.43. The SMILES string of the molecule is C=C(OC(=O)c1ccc([N+](=O)[O-])cc1[N+](=O)[O-])C(C)=O. The highest BCUT2D eigenvalue weighted by atomic mass is 16.6. The van der Waals surface area contributed by atoms with Gasteiger partial charge in [-0.2, -0.15) is 0 Å². The predicted octanol–water partition coefficient (Wildman–Crippen LogP) is 1.76. The van der Waals surface area contributed by atoms with E-state index in [0.717, 1.165) is 19.1 Å². The van der Waals surface area contributed by atoms with Gasteiger partial charge < -0.3 is 4.74 Å². The Morgan fingerprint density at radius 1 is 1.20 bits per heavy atom. The normalized spacial score (nSPS) is 9.65. The van der Waals surface area contributed by atoms with Gasteiger partial charge in [-0.05, 0) is 6.07 Å². The first kappa shape index (κ1) is 15.0. The van der Waals surface area contributed by atoms with Crippen LogP contribution in [0.4, 0.5) is 11.4 Å². The molecular formula is C11H8N2O7. The van der Waals surface area contributed by atoms with Crippen LogP contribution in [0.15, 0.2) is 30.5 Å². The quantitative estimate of drug-likeness (QED) is 0.264. The second-order valence-electron chi connectivity index (χ2n) is 3.58. The third-order valence-electron chi connectivity index (χ3n) is 2.22. The number of hydrogen-bond acceptors (Lipinski definition) is 7. The number of allylic oxidation sites excluding steroid dienone is 1. The molecule has 0 amide bonds.